The highest BCUT2D eigenvalue weighted by Crippen LogP contribution is 2.40. The van der Waals surface area contributed by atoms with E-state index in [-0.39, 0.29) is 0 Å². The van der Waals surface area contributed by atoms with Crippen molar-refractivity contribution in [2.45, 2.75) is 32.6 Å². The fourth-order valence-electron chi connectivity index (χ4n) is 2.54. The first kappa shape index (κ1) is 13.9. The predicted octanol–water partition coefficient (Wildman–Crippen LogP) is 1.39. The molecule has 1 rings (SSSR count). The third-order valence-corrected chi connectivity index (χ3v) is 3.93. The van der Waals surface area contributed by atoms with Gasteiger partial charge in [0.15, 0.2) is 0 Å². The quantitative estimate of drug-likeness (QED) is 0.680. The zero-order valence-corrected chi connectivity index (χ0v) is 11.3. The lowest BCUT2D eigenvalue weighted by molar-refractivity contribution is 0.0757. The van der Waals surface area contributed by atoms with Crippen molar-refractivity contribution < 1.29 is 0 Å². The standard InChI is InChI=1S/C13H29N3/c1-4-16(10-6-9-15(2)3)12-13(11-14)7-5-8-13/h4-12,14H2,1-3H3. The second kappa shape index (κ2) is 6.58. The maximum absolute atomic E-state index is 5.91. The average Bonchev–Trinajstić information content (AvgIpc) is 2.20. The van der Waals surface area contributed by atoms with Crippen LogP contribution >= 0.6 is 0 Å². The average molecular weight is 227 g/mol. The van der Waals surface area contributed by atoms with E-state index in [1.807, 2.05) is 0 Å². The van der Waals surface area contributed by atoms with E-state index in [1.54, 1.807) is 0 Å². The van der Waals surface area contributed by atoms with E-state index >= 15 is 0 Å². The van der Waals surface area contributed by atoms with E-state index in [4.69, 9.17) is 5.73 Å². The zero-order valence-electron chi connectivity index (χ0n) is 11.3. The van der Waals surface area contributed by atoms with Crippen molar-refractivity contribution in [1.82, 2.24) is 9.80 Å². The van der Waals surface area contributed by atoms with Crippen LogP contribution < -0.4 is 5.73 Å². The van der Waals surface area contributed by atoms with Crippen LogP contribution in [0, 0.1) is 5.41 Å². The van der Waals surface area contributed by atoms with Crippen molar-refractivity contribution in [3.63, 3.8) is 0 Å². The van der Waals surface area contributed by atoms with Crippen molar-refractivity contribution in [2.24, 2.45) is 11.1 Å². The summed E-state index contributed by atoms with van der Waals surface area (Å²) in [4.78, 5) is 4.84. The first-order chi connectivity index (χ1) is 7.62. The van der Waals surface area contributed by atoms with Gasteiger partial charge in [-0.05, 0) is 65.0 Å². The predicted molar refractivity (Wildman–Crippen MR) is 70.6 cm³/mol. The summed E-state index contributed by atoms with van der Waals surface area (Å²) in [6.07, 6.45) is 5.33. The van der Waals surface area contributed by atoms with Gasteiger partial charge in [0.25, 0.3) is 0 Å². The molecule has 0 aromatic rings. The molecule has 2 N–H and O–H groups in total. The van der Waals surface area contributed by atoms with Gasteiger partial charge in [0.05, 0.1) is 0 Å². The lowest BCUT2D eigenvalue weighted by Gasteiger charge is -2.44. The summed E-state index contributed by atoms with van der Waals surface area (Å²) in [5.41, 5.74) is 6.38. The van der Waals surface area contributed by atoms with E-state index < -0.39 is 0 Å². The van der Waals surface area contributed by atoms with Crippen LogP contribution in [0.3, 0.4) is 0 Å². The molecule has 0 heterocycles. The molecule has 0 unspecified atom stereocenters. The van der Waals surface area contributed by atoms with E-state index in [0.717, 1.165) is 13.1 Å². The third kappa shape index (κ3) is 4.04. The molecule has 0 bridgehead atoms. The summed E-state index contributed by atoms with van der Waals surface area (Å²) < 4.78 is 0. The monoisotopic (exact) mass is 227 g/mol. The molecule has 0 saturated heterocycles. The van der Waals surface area contributed by atoms with Crippen LogP contribution in [0.1, 0.15) is 32.6 Å². The summed E-state index contributed by atoms with van der Waals surface area (Å²) >= 11 is 0. The summed E-state index contributed by atoms with van der Waals surface area (Å²) in [5, 5.41) is 0. The van der Waals surface area contributed by atoms with Crippen molar-refractivity contribution in [3.8, 4) is 0 Å². The Morgan fingerprint density at radius 3 is 2.25 bits per heavy atom. The lowest BCUT2D eigenvalue weighted by atomic mass is 9.68. The molecule has 0 atom stereocenters. The number of hydrogen-bond donors (Lipinski definition) is 1. The summed E-state index contributed by atoms with van der Waals surface area (Å²) in [5.74, 6) is 0. The molecular formula is C13H29N3. The van der Waals surface area contributed by atoms with Gasteiger partial charge in [0, 0.05) is 6.54 Å². The molecule has 3 heteroatoms. The van der Waals surface area contributed by atoms with Crippen LogP contribution in [-0.2, 0) is 0 Å². The van der Waals surface area contributed by atoms with E-state index in [9.17, 15) is 0 Å². The maximum atomic E-state index is 5.91. The minimum atomic E-state index is 0.466. The van der Waals surface area contributed by atoms with Gasteiger partial charge in [0.1, 0.15) is 0 Å². The first-order valence-corrected chi connectivity index (χ1v) is 6.69. The normalized spacial score (nSPS) is 19.1. The summed E-state index contributed by atoms with van der Waals surface area (Å²) in [6, 6.07) is 0. The first-order valence-electron chi connectivity index (χ1n) is 6.69. The highest BCUT2D eigenvalue weighted by molar-refractivity contribution is 4.91. The van der Waals surface area contributed by atoms with E-state index in [1.165, 1.54) is 45.3 Å². The molecule has 1 saturated carbocycles. The fraction of sp³-hybridized carbons (Fsp3) is 1.00. The Morgan fingerprint density at radius 1 is 1.19 bits per heavy atom. The Kier molecular flexibility index (Phi) is 5.73. The Hall–Kier alpha value is -0.120. The van der Waals surface area contributed by atoms with Crippen LogP contribution in [0.25, 0.3) is 0 Å². The van der Waals surface area contributed by atoms with Gasteiger partial charge in [-0.15, -0.1) is 0 Å². The molecule has 1 fully saturated rings. The zero-order chi connectivity index (χ0) is 12.0. The Labute approximate surface area is 101 Å². The Morgan fingerprint density at radius 2 is 1.88 bits per heavy atom. The number of hydrogen-bond acceptors (Lipinski definition) is 3. The van der Waals surface area contributed by atoms with Crippen molar-refractivity contribution in [1.29, 1.82) is 0 Å². The van der Waals surface area contributed by atoms with E-state index in [2.05, 4.69) is 30.8 Å². The molecule has 16 heavy (non-hydrogen) atoms. The third-order valence-electron chi connectivity index (χ3n) is 3.93. The highest BCUT2D eigenvalue weighted by Gasteiger charge is 2.36. The van der Waals surface area contributed by atoms with Gasteiger partial charge >= 0.3 is 0 Å². The van der Waals surface area contributed by atoms with Gasteiger partial charge in [-0.3, -0.25) is 0 Å². The SMILES string of the molecule is CCN(CCCN(C)C)CC1(CN)CCC1. The van der Waals surface area contributed by atoms with Crippen LogP contribution in [-0.4, -0.2) is 56.6 Å². The topological polar surface area (TPSA) is 32.5 Å². The molecule has 0 radical (unpaired) electrons. The van der Waals surface area contributed by atoms with Gasteiger partial charge in [-0.2, -0.15) is 0 Å². The smallest absolute Gasteiger partial charge is 0.00500 e. The molecule has 1 aliphatic carbocycles. The van der Waals surface area contributed by atoms with Crippen LogP contribution in [0.2, 0.25) is 0 Å². The fourth-order valence-corrected chi connectivity index (χ4v) is 2.54. The molecular weight excluding hydrogens is 198 g/mol. The van der Waals surface area contributed by atoms with Crippen molar-refractivity contribution in [3.05, 3.63) is 0 Å². The summed E-state index contributed by atoms with van der Waals surface area (Å²) in [6.45, 7) is 7.92. The Bertz CT molecular complexity index is 182. The molecule has 0 amide bonds. The summed E-state index contributed by atoms with van der Waals surface area (Å²) in [7, 11) is 4.28. The molecule has 0 aromatic carbocycles. The second-order valence-corrected chi connectivity index (χ2v) is 5.58. The van der Waals surface area contributed by atoms with Gasteiger partial charge < -0.3 is 15.5 Å². The highest BCUT2D eigenvalue weighted by atomic mass is 15.1. The number of nitrogens with two attached hydrogens (primary N) is 1. The number of nitrogens with zero attached hydrogens (tertiary/aromatic N) is 2. The minimum absolute atomic E-state index is 0.466. The largest absolute Gasteiger partial charge is 0.330 e. The molecule has 3 nitrogen and oxygen atoms in total. The van der Waals surface area contributed by atoms with E-state index in [0.29, 0.717) is 5.41 Å². The lowest BCUT2D eigenvalue weighted by Crippen LogP contribution is -2.47. The molecule has 0 spiro atoms. The van der Waals surface area contributed by atoms with Gasteiger partial charge in [0.2, 0.25) is 0 Å². The van der Waals surface area contributed by atoms with Crippen LogP contribution in [0.5, 0.6) is 0 Å². The van der Waals surface area contributed by atoms with Crippen LogP contribution in [0.4, 0.5) is 0 Å². The molecule has 96 valence electrons. The Balaban J connectivity index is 2.25. The van der Waals surface area contributed by atoms with Crippen LogP contribution in [0.15, 0.2) is 0 Å². The molecule has 1 aliphatic rings. The van der Waals surface area contributed by atoms with Gasteiger partial charge in [-0.25, -0.2) is 0 Å². The number of rotatable bonds is 8. The minimum Gasteiger partial charge on any atom is -0.330 e. The molecule has 0 aliphatic heterocycles. The molecule has 0 aromatic heterocycles. The van der Waals surface area contributed by atoms with Crippen molar-refractivity contribution >= 4 is 0 Å². The maximum Gasteiger partial charge on any atom is 0.00500 e. The van der Waals surface area contributed by atoms with Gasteiger partial charge in [-0.1, -0.05) is 13.3 Å². The van der Waals surface area contributed by atoms with Crippen molar-refractivity contribution in [2.75, 3.05) is 46.8 Å². The second-order valence-electron chi connectivity index (χ2n) is 5.58.